The molecule has 5 rings (SSSR count). The van der Waals surface area contributed by atoms with E-state index in [4.69, 9.17) is 16.1 Å². The van der Waals surface area contributed by atoms with E-state index in [2.05, 4.69) is 27.6 Å². The number of anilines is 1. The van der Waals surface area contributed by atoms with Crippen LogP contribution in [0.1, 0.15) is 24.6 Å². The van der Waals surface area contributed by atoms with Gasteiger partial charge in [0.15, 0.2) is 5.65 Å². The zero-order valence-corrected chi connectivity index (χ0v) is 18.5. The smallest absolute Gasteiger partial charge is 0.246 e. The molecule has 4 aromatic rings. The van der Waals surface area contributed by atoms with Crippen molar-refractivity contribution >= 4 is 34.1 Å². The van der Waals surface area contributed by atoms with E-state index in [1.54, 1.807) is 11.0 Å². The molecule has 1 unspecified atom stereocenters. The molecule has 2 N–H and O–H groups in total. The van der Waals surface area contributed by atoms with E-state index in [9.17, 15) is 4.79 Å². The van der Waals surface area contributed by atoms with E-state index in [-0.39, 0.29) is 11.9 Å². The topological polar surface area (TPSA) is 127 Å². The number of rotatable bonds is 4. The van der Waals surface area contributed by atoms with Gasteiger partial charge in [0, 0.05) is 13.1 Å². The zero-order valence-electron chi connectivity index (χ0n) is 17.7. The second-order valence-electron chi connectivity index (χ2n) is 7.72. The Labute approximate surface area is 193 Å². The molecule has 4 aromatic heterocycles. The number of hydrogen-bond acceptors (Lipinski definition) is 8. The fourth-order valence-corrected chi connectivity index (χ4v) is 5.11. The molecule has 0 saturated carbocycles. The molecular weight excluding hydrogens is 436 g/mol. The van der Waals surface area contributed by atoms with Crippen molar-refractivity contribution in [2.75, 3.05) is 18.8 Å². The Morgan fingerprint density at radius 3 is 2.94 bits per heavy atom. The third kappa shape index (κ3) is 3.72. The largest absolute Gasteiger partial charge is 0.383 e. The number of nitrogens with two attached hydrogens (primary N) is 1. The first-order valence-corrected chi connectivity index (χ1v) is 11.3. The van der Waals surface area contributed by atoms with Crippen LogP contribution in [0.4, 0.5) is 5.82 Å². The van der Waals surface area contributed by atoms with Gasteiger partial charge in [-0.25, -0.2) is 19.6 Å². The minimum absolute atomic E-state index is 0.0263. The van der Waals surface area contributed by atoms with Gasteiger partial charge in [0.25, 0.3) is 0 Å². The van der Waals surface area contributed by atoms with E-state index in [1.807, 2.05) is 28.9 Å². The molecule has 0 spiro atoms. The molecule has 10 heteroatoms. The van der Waals surface area contributed by atoms with Crippen LogP contribution in [0.3, 0.4) is 0 Å². The van der Waals surface area contributed by atoms with Crippen LogP contribution in [0.25, 0.3) is 32.2 Å². The molecule has 1 amide bonds. The lowest BCUT2D eigenvalue weighted by Crippen LogP contribution is -2.40. The number of hydrogen-bond donors (Lipinski definition) is 1. The summed E-state index contributed by atoms with van der Waals surface area (Å²) in [5.74, 6) is 0.274. The molecule has 1 aliphatic heterocycles. The van der Waals surface area contributed by atoms with Crippen LogP contribution in [-0.2, 0) is 4.79 Å². The third-order valence-corrected chi connectivity index (χ3v) is 6.82. The van der Waals surface area contributed by atoms with E-state index < -0.39 is 0 Å². The number of carbonyl (C=O) groups is 1. The van der Waals surface area contributed by atoms with Gasteiger partial charge in [-0.1, -0.05) is 12.6 Å². The second kappa shape index (κ2) is 8.44. The lowest BCUT2D eigenvalue weighted by molar-refractivity contribution is -0.127. The number of carbonyl (C=O) groups excluding carboxylic acids is 1. The predicted octanol–water partition coefficient (Wildman–Crippen LogP) is 3.42. The van der Waals surface area contributed by atoms with Gasteiger partial charge >= 0.3 is 0 Å². The Hall–Kier alpha value is -4.10. The van der Waals surface area contributed by atoms with Gasteiger partial charge in [0.1, 0.15) is 29.6 Å². The molecule has 0 aromatic carbocycles. The van der Waals surface area contributed by atoms with Crippen LogP contribution in [0.5, 0.6) is 0 Å². The first-order valence-electron chi connectivity index (χ1n) is 10.5. The van der Waals surface area contributed by atoms with E-state index in [1.165, 1.54) is 23.7 Å². The maximum Gasteiger partial charge on any atom is 0.246 e. The molecule has 1 fully saturated rings. The first-order chi connectivity index (χ1) is 16.1. The summed E-state index contributed by atoms with van der Waals surface area (Å²) in [6, 6.07) is 11.3. The maximum atomic E-state index is 12.2. The van der Waals surface area contributed by atoms with E-state index >= 15 is 0 Å². The molecular formula is C23H20N8OS. The third-order valence-electron chi connectivity index (χ3n) is 5.70. The quantitative estimate of drug-likeness (QED) is 0.466. The molecule has 33 heavy (non-hydrogen) atoms. The van der Waals surface area contributed by atoms with E-state index in [0.29, 0.717) is 41.3 Å². The van der Waals surface area contributed by atoms with Crippen molar-refractivity contribution in [3.63, 3.8) is 0 Å². The van der Waals surface area contributed by atoms with Crippen LogP contribution in [0.2, 0.25) is 0 Å². The minimum atomic E-state index is -0.0828. The van der Waals surface area contributed by atoms with Gasteiger partial charge in [0.2, 0.25) is 5.91 Å². The first kappa shape index (κ1) is 20.8. The Morgan fingerprint density at radius 2 is 2.12 bits per heavy atom. The summed E-state index contributed by atoms with van der Waals surface area (Å²) in [7, 11) is 0. The molecule has 9 nitrogen and oxygen atoms in total. The van der Waals surface area contributed by atoms with Crippen molar-refractivity contribution in [2.45, 2.75) is 18.9 Å². The number of aromatic nitrogens is 5. The molecule has 0 aliphatic carbocycles. The van der Waals surface area contributed by atoms with Gasteiger partial charge in [-0.3, -0.25) is 4.79 Å². The maximum absolute atomic E-state index is 12.2. The van der Waals surface area contributed by atoms with Crippen LogP contribution < -0.4 is 5.73 Å². The number of thiophene rings is 1. The summed E-state index contributed by atoms with van der Waals surface area (Å²) in [6.07, 6.45) is 4.52. The van der Waals surface area contributed by atoms with Crippen LogP contribution in [0.15, 0.2) is 49.3 Å². The lowest BCUT2D eigenvalue weighted by atomic mass is 10.1. The summed E-state index contributed by atoms with van der Waals surface area (Å²) >= 11 is 1.51. The molecule has 1 saturated heterocycles. The van der Waals surface area contributed by atoms with Crippen molar-refractivity contribution in [3.05, 3.63) is 55.0 Å². The SMILES string of the molecule is C=CC(=O)N1CCCC(n2nc(-c3ccc(-c4cccc(C#N)n4)s3)c3c(N)ncnc32)C1. The molecule has 164 valence electrons. The number of pyridine rings is 1. The summed E-state index contributed by atoms with van der Waals surface area (Å²) in [4.78, 5) is 28.8. The minimum Gasteiger partial charge on any atom is -0.383 e. The lowest BCUT2D eigenvalue weighted by Gasteiger charge is -2.32. The highest BCUT2D eigenvalue weighted by Crippen LogP contribution is 2.39. The summed E-state index contributed by atoms with van der Waals surface area (Å²) in [5, 5.41) is 14.8. The van der Waals surface area contributed by atoms with Crippen molar-refractivity contribution in [1.29, 1.82) is 5.26 Å². The van der Waals surface area contributed by atoms with Crippen LogP contribution >= 0.6 is 11.3 Å². The zero-order chi connectivity index (χ0) is 22.9. The summed E-state index contributed by atoms with van der Waals surface area (Å²) in [5.41, 5.74) is 8.70. The van der Waals surface area contributed by atoms with Crippen LogP contribution in [0, 0.1) is 11.3 Å². The highest BCUT2D eigenvalue weighted by molar-refractivity contribution is 7.18. The van der Waals surface area contributed by atoms with Gasteiger partial charge in [-0.2, -0.15) is 10.4 Å². The Kier molecular flexibility index (Phi) is 5.32. The Balaban J connectivity index is 1.58. The van der Waals surface area contributed by atoms with Gasteiger partial charge in [-0.05, 0) is 43.2 Å². The number of nitriles is 1. The Morgan fingerprint density at radius 1 is 1.27 bits per heavy atom. The molecule has 0 radical (unpaired) electrons. The van der Waals surface area contributed by atoms with Gasteiger partial charge < -0.3 is 10.6 Å². The Bertz CT molecular complexity index is 1420. The average Bonchev–Trinajstić information content (AvgIpc) is 3.50. The number of nitrogen functional groups attached to an aromatic ring is 1. The molecule has 1 atom stereocenters. The van der Waals surface area contributed by atoms with Crippen molar-refractivity contribution in [1.82, 2.24) is 29.6 Å². The van der Waals surface area contributed by atoms with Crippen molar-refractivity contribution in [3.8, 4) is 27.2 Å². The van der Waals surface area contributed by atoms with E-state index in [0.717, 1.165) is 28.3 Å². The number of amides is 1. The predicted molar refractivity (Wildman–Crippen MR) is 126 cm³/mol. The number of nitrogens with zero attached hydrogens (tertiary/aromatic N) is 7. The molecule has 5 heterocycles. The normalized spacial score (nSPS) is 16.0. The second-order valence-corrected chi connectivity index (χ2v) is 8.80. The standard InChI is InChI=1S/C23H20N8OS/c1-2-19(32)30-10-4-6-15(12-30)31-23-20(22(25)26-13-27-23)21(29-31)18-9-8-17(33-18)16-7-3-5-14(11-24)28-16/h2-3,5,7-9,13,15H,1,4,6,10,12H2,(H2,25,26,27). The average molecular weight is 457 g/mol. The van der Waals surface area contributed by atoms with Crippen LogP contribution in [-0.4, -0.2) is 48.6 Å². The highest BCUT2D eigenvalue weighted by atomic mass is 32.1. The monoisotopic (exact) mass is 456 g/mol. The highest BCUT2D eigenvalue weighted by Gasteiger charge is 2.28. The molecule has 1 aliphatic rings. The number of fused-ring (bicyclic) bond motifs is 1. The van der Waals surface area contributed by atoms with Gasteiger partial charge in [-0.15, -0.1) is 11.3 Å². The van der Waals surface area contributed by atoms with Crippen molar-refractivity contribution < 1.29 is 4.79 Å². The fourth-order valence-electron chi connectivity index (χ4n) is 4.14. The van der Waals surface area contributed by atoms with Gasteiger partial charge in [0.05, 0.1) is 26.9 Å². The fraction of sp³-hybridized carbons (Fsp3) is 0.217. The summed E-state index contributed by atoms with van der Waals surface area (Å²) in [6.45, 7) is 4.84. The molecule has 0 bridgehead atoms. The summed E-state index contributed by atoms with van der Waals surface area (Å²) < 4.78 is 1.87. The number of likely N-dealkylation sites (tertiary alicyclic amines) is 1. The van der Waals surface area contributed by atoms with Crippen molar-refractivity contribution in [2.24, 2.45) is 0 Å². The number of piperidine rings is 1.